The van der Waals surface area contributed by atoms with Crippen molar-refractivity contribution in [2.75, 3.05) is 23.4 Å². The van der Waals surface area contributed by atoms with Crippen LogP contribution >= 0.6 is 0 Å². The fourth-order valence-corrected chi connectivity index (χ4v) is 3.23. The number of carbonyl (C=O) groups excluding carboxylic acids is 2. The van der Waals surface area contributed by atoms with Crippen molar-refractivity contribution in [2.24, 2.45) is 0 Å². The van der Waals surface area contributed by atoms with Crippen LogP contribution in [0.5, 0.6) is 0 Å². The van der Waals surface area contributed by atoms with Gasteiger partial charge in [0.05, 0.1) is 17.9 Å². The van der Waals surface area contributed by atoms with E-state index in [1.807, 2.05) is 54.6 Å². The summed E-state index contributed by atoms with van der Waals surface area (Å²) in [6.07, 6.45) is 2.86. The molecule has 29 heavy (non-hydrogen) atoms. The minimum absolute atomic E-state index is 0.268. The summed E-state index contributed by atoms with van der Waals surface area (Å²) in [5.41, 5.74) is 4.34. The van der Waals surface area contributed by atoms with Crippen molar-refractivity contribution >= 4 is 29.5 Å². The van der Waals surface area contributed by atoms with Crippen LogP contribution in [0, 0.1) is 0 Å². The summed E-state index contributed by atoms with van der Waals surface area (Å²) in [5, 5.41) is 2.85. The zero-order valence-corrected chi connectivity index (χ0v) is 15.7. The van der Waals surface area contributed by atoms with Gasteiger partial charge in [0.15, 0.2) is 0 Å². The average Bonchev–Trinajstić information content (AvgIpc) is 3.19. The van der Waals surface area contributed by atoms with E-state index < -0.39 is 6.09 Å². The number of anilines is 2. The Morgan fingerprint density at radius 1 is 0.931 bits per heavy atom. The molecule has 3 aromatic carbocycles. The number of hydrogen-bond donors (Lipinski definition) is 1. The van der Waals surface area contributed by atoms with E-state index in [0.29, 0.717) is 24.5 Å². The van der Waals surface area contributed by atoms with E-state index in [1.165, 1.54) is 11.0 Å². The van der Waals surface area contributed by atoms with Crippen LogP contribution in [0.1, 0.15) is 5.56 Å². The summed E-state index contributed by atoms with van der Waals surface area (Å²) < 4.78 is 4.99. The summed E-state index contributed by atoms with van der Waals surface area (Å²) in [6.45, 7) is 0.812. The first-order valence-electron chi connectivity index (χ1n) is 9.38. The van der Waals surface area contributed by atoms with Gasteiger partial charge in [-0.2, -0.15) is 0 Å². The van der Waals surface area contributed by atoms with Gasteiger partial charge < -0.3 is 10.1 Å². The maximum atomic E-state index is 12.5. The lowest BCUT2D eigenvalue weighted by molar-refractivity contribution is -0.111. The molecule has 0 aliphatic carbocycles. The van der Waals surface area contributed by atoms with Gasteiger partial charge in [-0.3, -0.25) is 9.69 Å². The van der Waals surface area contributed by atoms with Crippen molar-refractivity contribution in [3.8, 4) is 11.1 Å². The van der Waals surface area contributed by atoms with E-state index in [1.54, 1.807) is 18.2 Å². The second-order valence-corrected chi connectivity index (χ2v) is 6.60. The fraction of sp³-hybridized carbons (Fsp3) is 0.0833. The molecule has 0 saturated carbocycles. The lowest BCUT2D eigenvalue weighted by Gasteiger charge is -2.17. The number of benzene rings is 3. The molecule has 0 radical (unpaired) electrons. The van der Waals surface area contributed by atoms with E-state index in [9.17, 15) is 9.59 Å². The normalized spacial score (nSPS) is 13.5. The van der Waals surface area contributed by atoms with Crippen LogP contribution in [-0.4, -0.2) is 25.2 Å². The highest BCUT2D eigenvalue weighted by Gasteiger charge is 2.25. The van der Waals surface area contributed by atoms with Gasteiger partial charge in [-0.1, -0.05) is 60.7 Å². The van der Waals surface area contributed by atoms with Crippen LogP contribution in [0.3, 0.4) is 0 Å². The van der Waals surface area contributed by atoms with Crippen LogP contribution in [0.15, 0.2) is 84.9 Å². The first-order chi connectivity index (χ1) is 14.2. The number of rotatable bonds is 5. The lowest BCUT2D eigenvalue weighted by atomic mass is 10.0. The van der Waals surface area contributed by atoms with Crippen LogP contribution in [0.2, 0.25) is 0 Å². The van der Waals surface area contributed by atoms with Gasteiger partial charge in [0.2, 0.25) is 5.91 Å². The largest absolute Gasteiger partial charge is 0.447 e. The summed E-state index contributed by atoms with van der Waals surface area (Å²) >= 11 is 0. The molecule has 1 aliphatic rings. The minimum atomic E-state index is -0.403. The van der Waals surface area contributed by atoms with Gasteiger partial charge in [-0.15, -0.1) is 0 Å². The Labute approximate surface area is 169 Å². The molecule has 4 rings (SSSR count). The van der Waals surface area contributed by atoms with Gasteiger partial charge in [0.1, 0.15) is 6.61 Å². The van der Waals surface area contributed by atoms with Crippen molar-refractivity contribution in [3.63, 3.8) is 0 Å². The van der Waals surface area contributed by atoms with E-state index in [4.69, 9.17) is 4.74 Å². The first-order valence-corrected chi connectivity index (χ1v) is 9.38. The molecule has 5 heteroatoms. The third-order valence-electron chi connectivity index (χ3n) is 4.63. The average molecular weight is 384 g/mol. The van der Waals surface area contributed by atoms with Crippen molar-refractivity contribution < 1.29 is 14.3 Å². The number of hydrogen-bond acceptors (Lipinski definition) is 3. The molecular weight excluding hydrogens is 364 g/mol. The van der Waals surface area contributed by atoms with Gasteiger partial charge >= 0.3 is 6.09 Å². The molecule has 144 valence electrons. The molecule has 1 heterocycles. The van der Waals surface area contributed by atoms with Crippen molar-refractivity contribution in [3.05, 3.63) is 90.5 Å². The molecule has 2 amide bonds. The number of ether oxygens (including phenoxy) is 1. The quantitative estimate of drug-likeness (QED) is 0.633. The zero-order chi connectivity index (χ0) is 20.1. The predicted octanol–water partition coefficient (Wildman–Crippen LogP) is 4.96. The maximum absolute atomic E-state index is 12.5. The Balaban J connectivity index is 1.48. The highest BCUT2D eigenvalue weighted by molar-refractivity contribution is 6.05. The van der Waals surface area contributed by atoms with Crippen LogP contribution in [0.25, 0.3) is 17.2 Å². The van der Waals surface area contributed by atoms with Crippen molar-refractivity contribution in [1.29, 1.82) is 0 Å². The Morgan fingerprint density at radius 3 is 2.48 bits per heavy atom. The second kappa shape index (κ2) is 8.44. The van der Waals surface area contributed by atoms with Gasteiger partial charge in [0.25, 0.3) is 0 Å². The molecule has 5 nitrogen and oxygen atoms in total. The number of cyclic esters (lactones) is 1. The van der Waals surface area contributed by atoms with E-state index in [2.05, 4.69) is 17.4 Å². The predicted molar refractivity (Wildman–Crippen MR) is 115 cm³/mol. The molecule has 0 unspecified atom stereocenters. The van der Waals surface area contributed by atoms with Gasteiger partial charge in [0, 0.05) is 6.08 Å². The highest BCUT2D eigenvalue weighted by atomic mass is 16.6. The van der Waals surface area contributed by atoms with Crippen LogP contribution < -0.4 is 10.2 Å². The molecule has 0 spiro atoms. The molecule has 1 fully saturated rings. The third-order valence-corrected chi connectivity index (χ3v) is 4.63. The highest BCUT2D eigenvalue weighted by Crippen LogP contribution is 2.28. The van der Waals surface area contributed by atoms with E-state index >= 15 is 0 Å². The minimum Gasteiger partial charge on any atom is -0.447 e. The third kappa shape index (κ3) is 4.35. The first kappa shape index (κ1) is 18.5. The molecule has 1 N–H and O–H groups in total. The SMILES string of the molecule is O=C(/C=C/c1cccc(-c2ccccc2)c1)Nc1ccccc1N1CCOC1=O. The Hall–Kier alpha value is -3.86. The summed E-state index contributed by atoms with van der Waals surface area (Å²) in [5.74, 6) is -0.268. The maximum Gasteiger partial charge on any atom is 0.414 e. The summed E-state index contributed by atoms with van der Waals surface area (Å²) in [4.78, 5) is 25.8. The summed E-state index contributed by atoms with van der Waals surface area (Å²) in [6, 6.07) is 25.3. The van der Waals surface area contributed by atoms with Gasteiger partial charge in [-0.05, 0) is 41.0 Å². The summed E-state index contributed by atoms with van der Waals surface area (Å²) in [7, 11) is 0. The molecule has 0 bridgehead atoms. The number of carbonyl (C=O) groups is 2. The van der Waals surface area contributed by atoms with E-state index in [-0.39, 0.29) is 5.91 Å². The second-order valence-electron chi connectivity index (χ2n) is 6.60. The number of para-hydroxylation sites is 2. The molecule has 0 aromatic heterocycles. The molecule has 1 saturated heterocycles. The van der Waals surface area contributed by atoms with Crippen molar-refractivity contribution in [1.82, 2.24) is 0 Å². The molecular formula is C24H20N2O3. The molecule has 0 atom stereocenters. The topological polar surface area (TPSA) is 58.6 Å². The Bertz CT molecular complexity index is 1060. The lowest BCUT2D eigenvalue weighted by Crippen LogP contribution is -2.25. The van der Waals surface area contributed by atoms with Crippen LogP contribution in [-0.2, 0) is 9.53 Å². The zero-order valence-electron chi connectivity index (χ0n) is 15.7. The van der Waals surface area contributed by atoms with E-state index in [0.717, 1.165) is 16.7 Å². The number of amides is 2. The monoisotopic (exact) mass is 384 g/mol. The Kier molecular flexibility index (Phi) is 5.38. The molecule has 3 aromatic rings. The molecule has 1 aliphatic heterocycles. The van der Waals surface area contributed by atoms with Gasteiger partial charge in [-0.25, -0.2) is 4.79 Å². The number of nitrogens with zero attached hydrogens (tertiary/aromatic N) is 1. The van der Waals surface area contributed by atoms with Crippen LogP contribution in [0.4, 0.5) is 16.2 Å². The Morgan fingerprint density at radius 2 is 1.69 bits per heavy atom. The standard InChI is InChI=1S/C24H20N2O3/c27-23(25-21-11-4-5-12-22(21)26-15-16-29-24(26)28)14-13-18-7-6-10-20(17-18)19-8-2-1-3-9-19/h1-14,17H,15-16H2,(H,25,27)/b14-13+. The van der Waals surface area contributed by atoms with Crippen molar-refractivity contribution in [2.45, 2.75) is 0 Å². The fourth-order valence-electron chi connectivity index (χ4n) is 3.23. The number of nitrogens with one attached hydrogen (secondary N) is 1. The smallest absolute Gasteiger partial charge is 0.414 e.